The molecule has 0 unspecified atom stereocenters. The summed E-state index contributed by atoms with van der Waals surface area (Å²) < 4.78 is 12.6. The van der Waals surface area contributed by atoms with Gasteiger partial charge in [0.2, 0.25) is 0 Å². The van der Waals surface area contributed by atoms with E-state index in [0.717, 1.165) is 18.6 Å². The number of thiophene rings is 1. The Morgan fingerprint density at radius 2 is 1.89 bits per heavy atom. The van der Waals surface area contributed by atoms with Crippen LogP contribution in [0.25, 0.3) is 10.2 Å². The van der Waals surface area contributed by atoms with Gasteiger partial charge >= 0.3 is 5.97 Å². The second-order valence-corrected chi connectivity index (χ2v) is 7.13. The zero-order chi connectivity index (χ0) is 19.4. The summed E-state index contributed by atoms with van der Waals surface area (Å²) in [6.07, 6.45) is 3.57. The van der Waals surface area contributed by atoms with E-state index < -0.39 is 5.97 Å². The molecule has 0 saturated heterocycles. The standard InChI is InChI=1S/C20H22N2O4S/c1-4-6-11-25-14-7-9-15(10-8-14)26-20(24)17-13(3)16-18(27-17)21-12-22(5-2)19(16)23/h7-10,12H,4-6,11H2,1-3H3. The van der Waals surface area contributed by atoms with Gasteiger partial charge < -0.3 is 9.47 Å². The molecule has 0 amide bonds. The van der Waals surface area contributed by atoms with E-state index in [0.29, 0.717) is 39.6 Å². The average molecular weight is 386 g/mol. The number of aromatic nitrogens is 2. The molecule has 3 rings (SSSR count). The van der Waals surface area contributed by atoms with Gasteiger partial charge in [-0.25, -0.2) is 9.78 Å². The molecule has 0 aliphatic carbocycles. The molecule has 0 N–H and O–H groups in total. The highest BCUT2D eigenvalue weighted by Gasteiger charge is 2.21. The van der Waals surface area contributed by atoms with Gasteiger partial charge in [0.25, 0.3) is 5.56 Å². The largest absolute Gasteiger partial charge is 0.494 e. The second-order valence-electron chi connectivity index (χ2n) is 6.14. The Hall–Kier alpha value is -2.67. The van der Waals surface area contributed by atoms with Crippen LogP contribution in [-0.2, 0) is 6.54 Å². The van der Waals surface area contributed by atoms with Crippen LogP contribution in [0.15, 0.2) is 35.4 Å². The molecule has 0 spiro atoms. The summed E-state index contributed by atoms with van der Waals surface area (Å²) >= 11 is 1.18. The molecule has 0 atom stereocenters. The number of fused-ring (bicyclic) bond motifs is 1. The number of aryl methyl sites for hydroxylation is 2. The van der Waals surface area contributed by atoms with E-state index in [1.54, 1.807) is 31.2 Å². The highest BCUT2D eigenvalue weighted by Crippen LogP contribution is 2.28. The minimum atomic E-state index is -0.488. The van der Waals surface area contributed by atoms with Gasteiger partial charge in [-0.1, -0.05) is 13.3 Å². The van der Waals surface area contributed by atoms with Crippen molar-refractivity contribution in [3.63, 3.8) is 0 Å². The van der Waals surface area contributed by atoms with Crippen LogP contribution in [-0.4, -0.2) is 22.1 Å². The predicted octanol–water partition coefficient (Wildman–Crippen LogP) is 4.18. The van der Waals surface area contributed by atoms with Gasteiger partial charge in [-0.3, -0.25) is 9.36 Å². The number of hydrogen-bond donors (Lipinski definition) is 0. The Labute approximate surface area is 161 Å². The van der Waals surface area contributed by atoms with Gasteiger partial charge in [-0.15, -0.1) is 11.3 Å². The number of carbonyl (C=O) groups is 1. The van der Waals surface area contributed by atoms with E-state index in [1.165, 1.54) is 22.2 Å². The molecule has 27 heavy (non-hydrogen) atoms. The van der Waals surface area contributed by atoms with Gasteiger partial charge in [0, 0.05) is 6.54 Å². The second kappa shape index (κ2) is 8.35. The normalized spacial score (nSPS) is 10.9. The third-order valence-electron chi connectivity index (χ3n) is 4.24. The molecular weight excluding hydrogens is 364 g/mol. The van der Waals surface area contributed by atoms with Crippen molar-refractivity contribution in [2.75, 3.05) is 6.61 Å². The van der Waals surface area contributed by atoms with E-state index in [4.69, 9.17) is 9.47 Å². The molecule has 6 nitrogen and oxygen atoms in total. The maximum Gasteiger partial charge on any atom is 0.354 e. The lowest BCUT2D eigenvalue weighted by atomic mass is 10.2. The molecule has 0 aliphatic heterocycles. The number of hydrogen-bond acceptors (Lipinski definition) is 6. The first-order valence-electron chi connectivity index (χ1n) is 8.98. The number of ether oxygens (including phenoxy) is 2. The van der Waals surface area contributed by atoms with Gasteiger partial charge in [-0.05, 0) is 50.1 Å². The minimum Gasteiger partial charge on any atom is -0.494 e. The van der Waals surface area contributed by atoms with Crippen molar-refractivity contribution in [3.05, 3.63) is 51.4 Å². The van der Waals surface area contributed by atoms with Gasteiger partial charge in [0.05, 0.1) is 18.3 Å². The Morgan fingerprint density at radius 3 is 2.56 bits per heavy atom. The van der Waals surface area contributed by atoms with Crippen molar-refractivity contribution in [3.8, 4) is 11.5 Å². The molecule has 0 radical (unpaired) electrons. The Bertz CT molecular complexity index is 1010. The summed E-state index contributed by atoms with van der Waals surface area (Å²) in [5.74, 6) is 0.682. The van der Waals surface area contributed by atoms with E-state index in [-0.39, 0.29) is 5.56 Å². The molecular formula is C20H22N2O4S. The van der Waals surface area contributed by atoms with Crippen LogP contribution in [0.5, 0.6) is 11.5 Å². The van der Waals surface area contributed by atoms with Crippen molar-refractivity contribution in [1.29, 1.82) is 0 Å². The molecule has 7 heteroatoms. The number of carbonyl (C=O) groups excluding carboxylic acids is 1. The molecule has 1 aromatic carbocycles. The first-order valence-corrected chi connectivity index (χ1v) is 9.80. The van der Waals surface area contributed by atoms with Crippen LogP contribution in [0.3, 0.4) is 0 Å². The number of nitrogens with zero attached hydrogens (tertiary/aromatic N) is 2. The summed E-state index contributed by atoms with van der Waals surface area (Å²) in [5.41, 5.74) is 0.476. The Balaban J connectivity index is 1.79. The summed E-state index contributed by atoms with van der Waals surface area (Å²) in [6.45, 7) is 6.93. The Kier molecular flexibility index (Phi) is 5.91. The van der Waals surface area contributed by atoms with Crippen LogP contribution in [0, 0.1) is 6.92 Å². The van der Waals surface area contributed by atoms with Crippen LogP contribution in [0.2, 0.25) is 0 Å². The third-order valence-corrected chi connectivity index (χ3v) is 5.42. The fourth-order valence-corrected chi connectivity index (χ4v) is 3.69. The van der Waals surface area contributed by atoms with Crippen molar-refractivity contribution >= 4 is 27.5 Å². The molecule has 0 aliphatic rings. The zero-order valence-corrected chi connectivity index (χ0v) is 16.5. The predicted molar refractivity (Wildman–Crippen MR) is 106 cm³/mol. The topological polar surface area (TPSA) is 70.4 Å². The van der Waals surface area contributed by atoms with Crippen molar-refractivity contribution < 1.29 is 14.3 Å². The minimum absolute atomic E-state index is 0.135. The lowest BCUT2D eigenvalue weighted by molar-refractivity contribution is 0.0739. The molecule has 0 bridgehead atoms. The molecule has 0 fully saturated rings. The summed E-state index contributed by atoms with van der Waals surface area (Å²) in [6, 6.07) is 6.95. The quantitative estimate of drug-likeness (QED) is 0.346. The highest BCUT2D eigenvalue weighted by atomic mass is 32.1. The number of rotatable bonds is 7. The molecule has 0 saturated carbocycles. The molecule has 2 heterocycles. The zero-order valence-electron chi connectivity index (χ0n) is 15.7. The van der Waals surface area contributed by atoms with Crippen molar-refractivity contribution in [2.24, 2.45) is 0 Å². The Morgan fingerprint density at radius 1 is 1.19 bits per heavy atom. The maximum absolute atomic E-state index is 12.6. The summed E-state index contributed by atoms with van der Waals surface area (Å²) in [7, 11) is 0. The fraction of sp³-hybridized carbons (Fsp3) is 0.350. The van der Waals surface area contributed by atoms with Crippen LogP contribution >= 0.6 is 11.3 Å². The summed E-state index contributed by atoms with van der Waals surface area (Å²) in [4.78, 5) is 30.3. The number of benzene rings is 1. The van der Waals surface area contributed by atoms with Gasteiger partial charge in [0.15, 0.2) is 0 Å². The lowest BCUT2D eigenvalue weighted by Gasteiger charge is -2.07. The van der Waals surface area contributed by atoms with E-state index >= 15 is 0 Å². The smallest absolute Gasteiger partial charge is 0.354 e. The highest BCUT2D eigenvalue weighted by molar-refractivity contribution is 7.20. The number of unbranched alkanes of at least 4 members (excludes halogenated alkanes) is 1. The first-order chi connectivity index (χ1) is 13.0. The SMILES string of the molecule is CCCCOc1ccc(OC(=O)c2sc3ncn(CC)c(=O)c3c2C)cc1. The van der Waals surface area contributed by atoms with Crippen LogP contribution < -0.4 is 15.0 Å². The maximum atomic E-state index is 12.6. The fourth-order valence-electron chi connectivity index (χ4n) is 2.67. The van der Waals surface area contributed by atoms with Crippen LogP contribution in [0.1, 0.15) is 41.9 Å². The average Bonchev–Trinajstić information content (AvgIpc) is 3.01. The first kappa shape index (κ1) is 19.1. The number of esters is 1. The van der Waals surface area contributed by atoms with E-state index in [2.05, 4.69) is 11.9 Å². The lowest BCUT2D eigenvalue weighted by Crippen LogP contribution is -2.19. The van der Waals surface area contributed by atoms with Gasteiger partial charge in [0.1, 0.15) is 21.2 Å². The molecule has 142 valence electrons. The summed E-state index contributed by atoms with van der Waals surface area (Å²) in [5, 5.41) is 0.482. The van der Waals surface area contributed by atoms with E-state index in [9.17, 15) is 9.59 Å². The van der Waals surface area contributed by atoms with Gasteiger partial charge in [-0.2, -0.15) is 0 Å². The van der Waals surface area contributed by atoms with Crippen molar-refractivity contribution in [1.82, 2.24) is 9.55 Å². The third kappa shape index (κ3) is 4.03. The molecule has 3 aromatic rings. The van der Waals surface area contributed by atoms with E-state index in [1.807, 2.05) is 6.92 Å². The van der Waals surface area contributed by atoms with Crippen molar-refractivity contribution in [2.45, 2.75) is 40.2 Å². The monoisotopic (exact) mass is 386 g/mol. The molecule has 2 aromatic heterocycles. The van der Waals surface area contributed by atoms with Crippen LogP contribution in [0.4, 0.5) is 0 Å².